The van der Waals surface area contributed by atoms with Gasteiger partial charge in [0, 0.05) is 11.5 Å². The van der Waals surface area contributed by atoms with Gasteiger partial charge in [-0.2, -0.15) is 5.10 Å². The smallest absolute Gasteiger partial charge is 0.497 e. The molecule has 0 aliphatic heterocycles. The molecule has 0 amide bonds. The maximum Gasteiger partial charge on any atom is 2.00 e. The Morgan fingerprint density at radius 3 is 2.07 bits per heavy atom. The maximum atomic E-state index is 12.8. The van der Waals surface area contributed by atoms with Gasteiger partial charge < -0.3 is 4.74 Å². The van der Waals surface area contributed by atoms with Gasteiger partial charge in [-0.3, -0.25) is 4.79 Å². The first-order chi connectivity index (χ1) is 13.3. The molecule has 1 aromatic heterocycles. The van der Waals surface area contributed by atoms with Crippen LogP contribution in [0.1, 0.15) is 10.4 Å². The number of aromatic nitrogens is 3. The number of allylic oxidation sites excluding steroid dienone is 2. The van der Waals surface area contributed by atoms with E-state index in [-0.39, 0.29) is 22.9 Å². The SMILES string of the molecule is COc1ccc(C(=O)/C(=C\[C]2[CH][CH][CH][CH]2)n2cncn2)cc1.[CH]1[CH][CH][CH][CH]1.[Fe+2]. The summed E-state index contributed by atoms with van der Waals surface area (Å²) in [6.07, 6.45) is 22.4. The molecule has 0 unspecified atom stereocenters. The number of hydrogen-bond donors (Lipinski definition) is 0. The minimum atomic E-state index is -0.130. The molecular weight excluding hydrogens is 394 g/mol. The molecule has 5 nitrogen and oxygen atoms in total. The van der Waals surface area contributed by atoms with Gasteiger partial charge in [0.05, 0.1) is 7.11 Å². The van der Waals surface area contributed by atoms with E-state index in [4.69, 9.17) is 4.74 Å². The number of Topliss-reactive ketones (excluding diaryl/α,β-unsaturated/α-hetero) is 1. The summed E-state index contributed by atoms with van der Waals surface area (Å²) in [5.41, 5.74) is 1.00. The van der Waals surface area contributed by atoms with E-state index in [1.807, 2.05) is 57.8 Å². The standard InChI is InChI=1S/C17H14N3O2.C5H5.Fe/c1-22-15-8-6-14(7-9-15)17(21)16(20-12-18-11-19-20)10-13-4-2-3-5-13;1-2-4-5-3-1;/h2-12H,1H3;1-5H;/q;;+2/b16-10+;;. The van der Waals surface area contributed by atoms with Gasteiger partial charge in [0.15, 0.2) is 0 Å². The van der Waals surface area contributed by atoms with Gasteiger partial charge in [0.1, 0.15) is 24.1 Å². The Balaban J connectivity index is 0.000000408. The normalized spacial score (nSPS) is 16.8. The average molecular weight is 413 g/mol. The Bertz CT molecular complexity index is 724. The molecule has 2 aliphatic carbocycles. The van der Waals surface area contributed by atoms with Crippen LogP contribution in [0, 0.1) is 63.7 Å². The summed E-state index contributed by atoms with van der Waals surface area (Å²) in [6.45, 7) is 0. The number of carbonyl (C=O) groups excluding carboxylic acids is 1. The molecule has 2 saturated carbocycles. The summed E-state index contributed by atoms with van der Waals surface area (Å²) in [5, 5.41) is 4.07. The van der Waals surface area contributed by atoms with Gasteiger partial charge in [0.25, 0.3) is 0 Å². The van der Waals surface area contributed by atoms with Gasteiger partial charge >= 0.3 is 17.1 Å². The molecule has 0 spiro atoms. The van der Waals surface area contributed by atoms with Gasteiger partial charge in [-0.05, 0) is 88.1 Å². The van der Waals surface area contributed by atoms with E-state index in [1.165, 1.54) is 17.3 Å². The topological polar surface area (TPSA) is 57.0 Å². The van der Waals surface area contributed by atoms with Crippen molar-refractivity contribution in [2.45, 2.75) is 0 Å². The van der Waals surface area contributed by atoms with Gasteiger partial charge in [-0.25, -0.2) is 9.67 Å². The zero-order valence-corrected chi connectivity index (χ0v) is 16.4. The van der Waals surface area contributed by atoms with E-state index < -0.39 is 0 Å². The fourth-order valence-electron chi connectivity index (χ4n) is 2.42. The Labute approximate surface area is 178 Å². The van der Waals surface area contributed by atoms with Crippen molar-refractivity contribution in [3.05, 3.63) is 112 Å². The van der Waals surface area contributed by atoms with Crippen LogP contribution in [0.4, 0.5) is 0 Å². The fraction of sp³-hybridized carbons (Fsp3) is 0.0455. The van der Waals surface area contributed by atoms with E-state index in [1.54, 1.807) is 37.5 Å². The second-order valence-corrected chi connectivity index (χ2v) is 5.61. The van der Waals surface area contributed by atoms with Gasteiger partial charge in [-0.15, -0.1) is 0 Å². The summed E-state index contributed by atoms with van der Waals surface area (Å²) in [5.74, 6) is 1.51. The van der Waals surface area contributed by atoms with Crippen molar-refractivity contribution in [3.63, 3.8) is 0 Å². The molecule has 2 fully saturated rings. The predicted molar refractivity (Wildman–Crippen MR) is 104 cm³/mol. The van der Waals surface area contributed by atoms with Crippen molar-refractivity contribution in [1.82, 2.24) is 14.8 Å². The Morgan fingerprint density at radius 2 is 1.57 bits per heavy atom. The molecule has 1 aromatic carbocycles. The van der Waals surface area contributed by atoms with Crippen molar-refractivity contribution >= 4 is 11.5 Å². The number of carbonyl (C=O) groups is 1. The number of nitrogens with zero attached hydrogens (tertiary/aromatic N) is 3. The number of methoxy groups -OCH3 is 1. The first-order valence-corrected chi connectivity index (χ1v) is 8.42. The summed E-state index contributed by atoms with van der Waals surface area (Å²) in [4.78, 5) is 16.7. The summed E-state index contributed by atoms with van der Waals surface area (Å²) in [7, 11) is 1.59. The molecule has 0 saturated heterocycles. The Hall–Kier alpha value is -1.91. The van der Waals surface area contributed by atoms with Crippen LogP contribution in [-0.2, 0) is 17.1 Å². The van der Waals surface area contributed by atoms with Crippen LogP contribution in [0.5, 0.6) is 5.75 Å². The largest absolute Gasteiger partial charge is 2.00 e. The Morgan fingerprint density at radius 1 is 0.964 bits per heavy atom. The minimum absolute atomic E-state index is 0. The summed E-state index contributed by atoms with van der Waals surface area (Å²) >= 11 is 0. The molecule has 2 aromatic rings. The molecule has 2 aliphatic rings. The predicted octanol–water partition coefficient (Wildman–Crippen LogP) is 3.43. The van der Waals surface area contributed by atoms with E-state index >= 15 is 0 Å². The molecule has 140 valence electrons. The van der Waals surface area contributed by atoms with Crippen LogP contribution in [0.2, 0.25) is 0 Å². The minimum Gasteiger partial charge on any atom is -0.497 e. The van der Waals surface area contributed by atoms with Crippen LogP contribution in [0.3, 0.4) is 0 Å². The zero-order valence-electron chi connectivity index (χ0n) is 15.2. The van der Waals surface area contributed by atoms with Gasteiger partial charge in [-0.1, -0.05) is 0 Å². The van der Waals surface area contributed by atoms with Gasteiger partial charge in [0.2, 0.25) is 5.78 Å². The Kier molecular flexibility index (Phi) is 9.45. The zero-order chi connectivity index (χ0) is 18.9. The van der Waals surface area contributed by atoms with Crippen LogP contribution in [0.15, 0.2) is 43.0 Å². The second kappa shape index (κ2) is 11.8. The van der Waals surface area contributed by atoms with E-state index in [9.17, 15) is 4.79 Å². The molecule has 6 heteroatoms. The summed E-state index contributed by atoms with van der Waals surface area (Å²) in [6, 6.07) is 6.98. The van der Waals surface area contributed by atoms with E-state index in [0.29, 0.717) is 17.0 Å². The molecule has 0 N–H and O–H groups in total. The number of ether oxygens (including phenoxy) is 1. The number of benzene rings is 1. The second-order valence-electron chi connectivity index (χ2n) is 5.61. The molecule has 0 atom stereocenters. The molecule has 4 rings (SSSR count). The van der Waals surface area contributed by atoms with Crippen molar-refractivity contribution in [2.24, 2.45) is 0 Å². The first-order valence-electron chi connectivity index (χ1n) is 8.42. The molecule has 28 heavy (non-hydrogen) atoms. The third-order valence-electron chi connectivity index (χ3n) is 3.80. The van der Waals surface area contributed by atoms with Crippen LogP contribution >= 0.6 is 0 Å². The van der Waals surface area contributed by atoms with Crippen molar-refractivity contribution in [2.75, 3.05) is 7.11 Å². The quantitative estimate of drug-likeness (QED) is 0.428. The van der Waals surface area contributed by atoms with Crippen molar-refractivity contribution in [1.29, 1.82) is 0 Å². The third-order valence-corrected chi connectivity index (χ3v) is 3.80. The van der Waals surface area contributed by atoms with Crippen LogP contribution < -0.4 is 4.74 Å². The van der Waals surface area contributed by atoms with Crippen LogP contribution in [0.25, 0.3) is 5.70 Å². The number of hydrogen-bond acceptors (Lipinski definition) is 4. The summed E-state index contributed by atoms with van der Waals surface area (Å²) < 4.78 is 6.59. The van der Waals surface area contributed by atoms with Crippen molar-refractivity contribution < 1.29 is 26.6 Å². The molecule has 10 radical (unpaired) electrons. The average Bonchev–Trinajstić information content (AvgIpc) is 3.49. The third kappa shape index (κ3) is 6.32. The van der Waals surface area contributed by atoms with Crippen LogP contribution in [-0.4, -0.2) is 27.7 Å². The maximum absolute atomic E-state index is 12.8. The fourth-order valence-corrected chi connectivity index (χ4v) is 2.42. The molecule has 1 heterocycles. The van der Waals surface area contributed by atoms with Crippen molar-refractivity contribution in [3.8, 4) is 5.75 Å². The monoisotopic (exact) mass is 413 g/mol. The number of rotatable bonds is 5. The van der Waals surface area contributed by atoms with E-state index in [2.05, 4.69) is 10.1 Å². The number of ketones is 1. The molecule has 0 bridgehead atoms. The molecular formula is C22H19FeN3O2+2. The van der Waals surface area contributed by atoms with E-state index in [0.717, 1.165) is 5.92 Å². The first kappa shape index (κ1) is 22.4.